The minimum absolute atomic E-state index is 0.100. The van der Waals surface area contributed by atoms with Gasteiger partial charge in [-0.1, -0.05) is 0 Å². The Morgan fingerprint density at radius 1 is 1.61 bits per heavy atom. The molecule has 5 heteroatoms. The summed E-state index contributed by atoms with van der Waals surface area (Å²) in [6.07, 6.45) is 3.59. The summed E-state index contributed by atoms with van der Waals surface area (Å²) in [5, 5.41) is 0. The average Bonchev–Trinajstić information content (AvgIpc) is 2.81. The first kappa shape index (κ1) is 12.8. The zero-order chi connectivity index (χ0) is 13.1. The molecule has 2 heterocycles. The summed E-state index contributed by atoms with van der Waals surface area (Å²) in [6.45, 7) is 3.08. The SMILES string of the molecule is Cc1cc(=O)c(C(=O)N(C)CC2CCCO2)c[nH]1. The van der Waals surface area contributed by atoms with Crippen LogP contribution >= 0.6 is 0 Å². The molecule has 1 fully saturated rings. The first-order chi connectivity index (χ1) is 8.58. The van der Waals surface area contributed by atoms with Crippen molar-refractivity contribution < 1.29 is 9.53 Å². The van der Waals surface area contributed by atoms with Gasteiger partial charge in [0, 0.05) is 38.2 Å². The summed E-state index contributed by atoms with van der Waals surface area (Å²) < 4.78 is 5.48. The molecule has 1 aromatic heterocycles. The van der Waals surface area contributed by atoms with Crippen LogP contribution in [0.3, 0.4) is 0 Å². The van der Waals surface area contributed by atoms with Crippen molar-refractivity contribution in [3.63, 3.8) is 0 Å². The minimum Gasteiger partial charge on any atom is -0.376 e. The number of likely N-dealkylation sites (N-methyl/N-ethyl adjacent to an activating group) is 1. The number of rotatable bonds is 3. The van der Waals surface area contributed by atoms with Gasteiger partial charge in [0.2, 0.25) is 0 Å². The summed E-state index contributed by atoms with van der Waals surface area (Å²) in [4.78, 5) is 28.3. The van der Waals surface area contributed by atoms with Gasteiger partial charge in [-0.25, -0.2) is 0 Å². The first-order valence-corrected chi connectivity index (χ1v) is 6.14. The van der Waals surface area contributed by atoms with E-state index in [4.69, 9.17) is 4.74 Å². The van der Waals surface area contributed by atoms with Crippen LogP contribution in [0.4, 0.5) is 0 Å². The molecule has 1 aliphatic heterocycles. The molecule has 0 aromatic carbocycles. The number of H-pyrrole nitrogens is 1. The lowest BCUT2D eigenvalue weighted by molar-refractivity contribution is 0.0586. The van der Waals surface area contributed by atoms with Crippen LogP contribution in [0, 0.1) is 6.92 Å². The molecule has 0 bridgehead atoms. The zero-order valence-corrected chi connectivity index (χ0v) is 10.7. The molecular formula is C13H18N2O3. The lowest BCUT2D eigenvalue weighted by Gasteiger charge is -2.20. The van der Waals surface area contributed by atoms with E-state index in [1.54, 1.807) is 18.9 Å². The molecular weight excluding hydrogens is 232 g/mol. The van der Waals surface area contributed by atoms with Crippen LogP contribution in [0.25, 0.3) is 0 Å². The van der Waals surface area contributed by atoms with Crippen molar-refractivity contribution in [1.29, 1.82) is 0 Å². The van der Waals surface area contributed by atoms with Crippen molar-refractivity contribution in [3.05, 3.63) is 33.7 Å². The standard InChI is InChI=1S/C13H18N2O3/c1-9-6-12(16)11(7-14-9)13(17)15(2)8-10-4-3-5-18-10/h6-7,10H,3-5,8H2,1-2H3,(H,14,16). The largest absolute Gasteiger partial charge is 0.376 e. The highest BCUT2D eigenvalue weighted by atomic mass is 16.5. The van der Waals surface area contributed by atoms with Gasteiger partial charge in [-0.05, 0) is 19.8 Å². The lowest BCUT2D eigenvalue weighted by atomic mass is 10.2. The Kier molecular flexibility index (Phi) is 3.81. The number of nitrogens with one attached hydrogen (secondary N) is 1. The molecule has 1 aromatic rings. The maximum absolute atomic E-state index is 12.1. The third-order valence-corrected chi connectivity index (χ3v) is 3.14. The quantitative estimate of drug-likeness (QED) is 0.868. The fourth-order valence-electron chi connectivity index (χ4n) is 2.12. The topological polar surface area (TPSA) is 62.4 Å². The Hall–Kier alpha value is -1.62. The van der Waals surface area contributed by atoms with Crippen molar-refractivity contribution in [1.82, 2.24) is 9.88 Å². The molecule has 18 heavy (non-hydrogen) atoms. The van der Waals surface area contributed by atoms with Crippen molar-refractivity contribution in [2.75, 3.05) is 20.2 Å². The number of hydrogen-bond acceptors (Lipinski definition) is 3. The Balaban J connectivity index is 2.07. The number of aromatic amines is 1. The second-order valence-electron chi connectivity index (χ2n) is 4.71. The molecule has 1 amide bonds. The number of aryl methyl sites for hydroxylation is 1. The Morgan fingerprint density at radius 2 is 2.39 bits per heavy atom. The van der Waals surface area contributed by atoms with Crippen molar-refractivity contribution >= 4 is 5.91 Å². The highest BCUT2D eigenvalue weighted by molar-refractivity contribution is 5.93. The number of pyridine rings is 1. The molecule has 5 nitrogen and oxygen atoms in total. The van der Waals surface area contributed by atoms with Crippen LogP contribution in [0.5, 0.6) is 0 Å². The fourth-order valence-corrected chi connectivity index (χ4v) is 2.12. The molecule has 0 spiro atoms. The van der Waals surface area contributed by atoms with Crippen LogP contribution in [0.1, 0.15) is 28.9 Å². The van der Waals surface area contributed by atoms with Gasteiger partial charge in [-0.3, -0.25) is 9.59 Å². The van der Waals surface area contributed by atoms with Crippen LogP contribution in [-0.2, 0) is 4.74 Å². The third-order valence-electron chi connectivity index (χ3n) is 3.14. The Bertz CT molecular complexity index is 489. The second kappa shape index (κ2) is 5.35. The van der Waals surface area contributed by atoms with Gasteiger partial charge >= 0.3 is 0 Å². The van der Waals surface area contributed by atoms with E-state index in [2.05, 4.69) is 4.98 Å². The van der Waals surface area contributed by atoms with E-state index < -0.39 is 0 Å². The maximum atomic E-state index is 12.1. The van der Waals surface area contributed by atoms with Gasteiger partial charge in [-0.2, -0.15) is 0 Å². The van der Waals surface area contributed by atoms with Crippen LogP contribution < -0.4 is 5.43 Å². The predicted molar refractivity (Wildman–Crippen MR) is 67.7 cm³/mol. The molecule has 2 rings (SSSR count). The normalized spacial score (nSPS) is 18.9. The van der Waals surface area contributed by atoms with Gasteiger partial charge in [0.25, 0.3) is 5.91 Å². The first-order valence-electron chi connectivity index (χ1n) is 6.14. The molecule has 0 saturated carbocycles. The van der Waals surface area contributed by atoms with E-state index in [0.29, 0.717) is 6.54 Å². The molecule has 1 atom stereocenters. The van der Waals surface area contributed by atoms with Gasteiger partial charge in [0.1, 0.15) is 5.56 Å². The molecule has 1 N–H and O–H groups in total. The number of amides is 1. The van der Waals surface area contributed by atoms with Crippen LogP contribution in [0.2, 0.25) is 0 Å². The van der Waals surface area contributed by atoms with Gasteiger partial charge in [0.05, 0.1) is 6.10 Å². The van der Waals surface area contributed by atoms with Crippen molar-refractivity contribution in [2.45, 2.75) is 25.9 Å². The van der Waals surface area contributed by atoms with Crippen LogP contribution in [-0.4, -0.2) is 42.1 Å². The highest BCUT2D eigenvalue weighted by Gasteiger charge is 2.22. The number of carbonyl (C=O) groups is 1. The monoisotopic (exact) mass is 250 g/mol. The average molecular weight is 250 g/mol. The number of hydrogen-bond donors (Lipinski definition) is 1. The van der Waals surface area contributed by atoms with Crippen molar-refractivity contribution in [2.24, 2.45) is 0 Å². The van der Waals surface area contributed by atoms with Gasteiger partial charge in [0.15, 0.2) is 5.43 Å². The molecule has 98 valence electrons. The second-order valence-corrected chi connectivity index (χ2v) is 4.71. The van der Waals surface area contributed by atoms with Crippen molar-refractivity contribution in [3.8, 4) is 0 Å². The van der Waals surface area contributed by atoms with E-state index in [-0.39, 0.29) is 23.0 Å². The number of carbonyl (C=O) groups excluding carboxylic acids is 1. The molecule has 0 radical (unpaired) electrons. The van der Waals surface area contributed by atoms with Gasteiger partial charge in [-0.15, -0.1) is 0 Å². The number of ether oxygens (including phenoxy) is 1. The molecule has 1 saturated heterocycles. The summed E-state index contributed by atoms with van der Waals surface area (Å²) in [7, 11) is 1.70. The minimum atomic E-state index is -0.258. The summed E-state index contributed by atoms with van der Waals surface area (Å²) in [5.74, 6) is -0.258. The van der Waals surface area contributed by atoms with Gasteiger partial charge < -0.3 is 14.6 Å². The maximum Gasteiger partial charge on any atom is 0.259 e. The van der Waals surface area contributed by atoms with E-state index in [9.17, 15) is 9.59 Å². The van der Waals surface area contributed by atoms with E-state index in [0.717, 1.165) is 25.1 Å². The smallest absolute Gasteiger partial charge is 0.259 e. The summed E-state index contributed by atoms with van der Waals surface area (Å²) in [5.41, 5.74) is 0.690. The lowest BCUT2D eigenvalue weighted by Crippen LogP contribution is -2.36. The highest BCUT2D eigenvalue weighted by Crippen LogP contribution is 2.13. The number of aromatic nitrogens is 1. The molecule has 1 unspecified atom stereocenters. The fraction of sp³-hybridized carbons (Fsp3) is 0.538. The zero-order valence-electron chi connectivity index (χ0n) is 10.7. The Morgan fingerprint density at radius 3 is 3.00 bits per heavy atom. The molecule has 0 aliphatic carbocycles. The summed E-state index contributed by atoms with van der Waals surface area (Å²) in [6, 6.07) is 1.44. The number of nitrogens with zero attached hydrogens (tertiary/aromatic N) is 1. The predicted octanol–water partition coefficient (Wildman–Crippen LogP) is 0.934. The van der Waals surface area contributed by atoms with Crippen LogP contribution in [0.15, 0.2) is 17.1 Å². The Labute approximate surface area is 106 Å². The third kappa shape index (κ3) is 2.79. The van der Waals surface area contributed by atoms with E-state index >= 15 is 0 Å². The molecule has 1 aliphatic rings. The summed E-state index contributed by atoms with van der Waals surface area (Å²) >= 11 is 0. The van der Waals surface area contributed by atoms with E-state index in [1.165, 1.54) is 12.3 Å². The van der Waals surface area contributed by atoms with E-state index in [1.807, 2.05) is 0 Å².